The molecule has 86 valence electrons. The van der Waals surface area contributed by atoms with Crippen LogP contribution in [0.4, 0.5) is 5.69 Å². The molecule has 2 heteroatoms. The largest absolute Gasteiger partial charge is 0.368 e. The number of hydrogen-bond acceptors (Lipinski definition) is 2. The number of nitrogens with two attached hydrogens (primary N) is 1. The Bertz CT molecular complexity index is 375. The molecular formula is C14H20N2. The molecule has 1 saturated heterocycles. The first-order valence-corrected chi connectivity index (χ1v) is 6.43. The van der Waals surface area contributed by atoms with Gasteiger partial charge < -0.3 is 10.6 Å². The van der Waals surface area contributed by atoms with E-state index in [1.165, 1.54) is 36.9 Å². The van der Waals surface area contributed by atoms with Gasteiger partial charge in [0.05, 0.1) is 0 Å². The molecule has 2 atom stereocenters. The quantitative estimate of drug-likeness (QED) is 0.779. The summed E-state index contributed by atoms with van der Waals surface area (Å²) in [6.07, 6.45) is 5.23. The summed E-state index contributed by atoms with van der Waals surface area (Å²) >= 11 is 0. The third-order valence-corrected chi connectivity index (χ3v) is 4.19. The van der Waals surface area contributed by atoms with Gasteiger partial charge in [-0.05, 0) is 49.8 Å². The standard InChI is InChI=1S/C14H20N2/c15-9-11-5-7-13-8-6-12-3-1-2-4-14(12)16(13)10-11/h1-4,11,13H,5-10,15H2. The van der Waals surface area contributed by atoms with Crippen molar-refractivity contribution in [2.45, 2.75) is 31.7 Å². The van der Waals surface area contributed by atoms with E-state index >= 15 is 0 Å². The first kappa shape index (κ1) is 10.2. The van der Waals surface area contributed by atoms with Crippen molar-refractivity contribution in [3.63, 3.8) is 0 Å². The van der Waals surface area contributed by atoms with Gasteiger partial charge in [-0.1, -0.05) is 18.2 Å². The number of fused-ring (bicyclic) bond motifs is 3. The average molecular weight is 216 g/mol. The molecule has 2 N–H and O–H groups in total. The number of nitrogens with zero attached hydrogens (tertiary/aromatic N) is 1. The Balaban J connectivity index is 1.90. The maximum absolute atomic E-state index is 5.82. The number of aryl methyl sites for hydroxylation is 1. The number of benzene rings is 1. The van der Waals surface area contributed by atoms with Crippen LogP contribution in [-0.2, 0) is 6.42 Å². The van der Waals surface area contributed by atoms with Crippen LogP contribution in [0.25, 0.3) is 0 Å². The van der Waals surface area contributed by atoms with Gasteiger partial charge in [-0.2, -0.15) is 0 Å². The van der Waals surface area contributed by atoms with Gasteiger partial charge in [0.25, 0.3) is 0 Å². The molecule has 2 heterocycles. The number of piperidine rings is 1. The van der Waals surface area contributed by atoms with Crippen LogP contribution in [-0.4, -0.2) is 19.1 Å². The minimum absolute atomic E-state index is 0.697. The molecule has 1 aromatic carbocycles. The topological polar surface area (TPSA) is 29.3 Å². The van der Waals surface area contributed by atoms with Crippen LogP contribution in [0.1, 0.15) is 24.8 Å². The normalized spacial score (nSPS) is 28.4. The van der Waals surface area contributed by atoms with Crippen molar-refractivity contribution in [2.24, 2.45) is 11.7 Å². The maximum Gasteiger partial charge on any atom is 0.0401 e. The minimum Gasteiger partial charge on any atom is -0.368 e. The molecule has 16 heavy (non-hydrogen) atoms. The molecule has 0 saturated carbocycles. The highest BCUT2D eigenvalue weighted by molar-refractivity contribution is 5.56. The number of hydrogen-bond donors (Lipinski definition) is 1. The highest BCUT2D eigenvalue weighted by Gasteiger charge is 2.31. The Labute approximate surface area is 97.4 Å². The third-order valence-electron chi connectivity index (χ3n) is 4.19. The van der Waals surface area contributed by atoms with Gasteiger partial charge in [0.15, 0.2) is 0 Å². The van der Waals surface area contributed by atoms with Gasteiger partial charge in [-0.3, -0.25) is 0 Å². The summed E-state index contributed by atoms with van der Waals surface area (Å²) in [6, 6.07) is 9.65. The number of anilines is 1. The van der Waals surface area contributed by atoms with Gasteiger partial charge in [-0.15, -0.1) is 0 Å². The van der Waals surface area contributed by atoms with E-state index < -0.39 is 0 Å². The Hall–Kier alpha value is -1.02. The van der Waals surface area contributed by atoms with Crippen LogP contribution in [0.15, 0.2) is 24.3 Å². The predicted molar refractivity (Wildman–Crippen MR) is 67.7 cm³/mol. The van der Waals surface area contributed by atoms with E-state index in [0.29, 0.717) is 5.92 Å². The smallest absolute Gasteiger partial charge is 0.0401 e. The minimum atomic E-state index is 0.697. The molecule has 0 amide bonds. The molecule has 0 spiro atoms. The number of para-hydroxylation sites is 1. The number of rotatable bonds is 1. The fraction of sp³-hybridized carbons (Fsp3) is 0.571. The van der Waals surface area contributed by atoms with Crippen LogP contribution >= 0.6 is 0 Å². The second kappa shape index (κ2) is 4.10. The van der Waals surface area contributed by atoms with Crippen LogP contribution < -0.4 is 10.6 Å². The molecular weight excluding hydrogens is 196 g/mol. The zero-order valence-electron chi connectivity index (χ0n) is 9.73. The van der Waals surface area contributed by atoms with Gasteiger partial charge in [0.1, 0.15) is 0 Å². The Kier molecular flexibility index (Phi) is 2.60. The van der Waals surface area contributed by atoms with E-state index in [1.807, 2.05) is 0 Å². The lowest BCUT2D eigenvalue weighted by atomic mass is 9.85. The highest BCUT2D eigenvalue weighted by atomic mass is 15.2. The molecule has 1 aromatic rings. The van der Waals surface area contributed by atoms with Crippen molar-refractivity contribution < 1.29 is 0 Å². The van der Waals surface area contributed by atoms with Crippen LogP contribution in [0.2, 0.25) is 0 Å². The van der Waals surface area contributed by atoms with Crippen molar-refractivity contribution in [2.75, 3.05) is 18.0 Å². The predicted octanol–water partition coefficient (Wildman–Crippen LogP) is 2.18. The Morgan fingerprint density at radius 3 is 2.94 bits per heavy atom. The molecule has 0 bridgehead atoms. The second-order valence-corrected chi connectivity index (χ2v) is 5.15. The Morgan fingerprint density at radius 2 is 2.06 bits per heavy atom. The van der Waals surface area contributed by atoms with E-state index in [0.717, 1.165) is 19.1 Å². The summed E-state index contributed by atoms with van der Waals surface area (Å²) in [6.45, 7) is 2.00. The average Bonchev–Trinajstić information content (AvgIpc) is 2.38. The van der Waals surface area contributed by atoms with Crippen molar-refractivity contribution in [1.29, 1.82) is 0 Å². The van der Waals surface area contributed by atoms with Gasteiger partial charge in [0.2, 0.25) is 0 Å². The first-order chi connectivity index (χ1) is 7.88. The molecule has 2 nitrogen and oxygen atoms in total. The van der Waals surface area contributed by atoms with E-state index in [1.54, 1.807) is 0 Å². The van der Waals surface area contributed by atoms with Crippen molar-refractivity contribution >= 4 is 5.69 Å². The molecule has 0 aromatic heterocycles. The molecule has 1 fully saturated rings. The van der Waals surface area contributed by atoms with Crippen molar-refractivity contribution in [3.05, 3.63) is 29.8 Å². The summed E-state index contributed by atoms with van der Waals surface area (Å²) in [5.74, 6) is 0.697. The molecule has 0 aliphatic carbocycles. The lowest BCUT2D eigenvalue weighted by molar-refractivity contribution is 0.341. The summed E-state index contributed by atoms with van der Waals surface area (Å²) in [5, 5.41) is 0. The van der Waals surface area contributed by atoms with Gasteiger partial charge in [-0.25, -0.2) is 0 Å². The van der Waals surface area contributed by atoms with E-state index in [4.69, 9.17) is 5.73 Å². The molecule has 2 aliphatic heterocycles. The molecule has 2 aliphatic rings. The fourth-order valence-electron chi connectivity index (χ4n) is 3.21. The van der Waals surface area contributed by atoms with Gasteiger partial charge >= 0.3 is 0 Å². The molecule has 2 unspecified atom stereocenters. The van der Waals surface area contributed by atoms with E-state index in [2.05, 4.69) is 29.2 Å². The zero-order chi connectivity index (χ0) is 11.0. The maximum atomic E-state index is 5.82. The highest BCUT2D eigenvalue weighted by Crippen LogP contribution is 2.36. The van der Waals surface area contributed by atoms with Crippen LogP contribution in [0.3, 0.4) is 0 Å². The zero-order valence-corrected chi connectivity index (χ0v) is 9.73. The second-order valence-electron chi connectivity index (χ2n) is 5.15. The van der Waals surface area contributed by atoms with Gasteiger partial charge in [0, 0.05) is 18.3 Å². The lowest BCUT2D eigenvalue weighted by Crippen LogP contribution is -2.47. The van der Waals surface area contributed by atoms with Crippen LogP contribution in [0.5, 0.6) is 0 Å². The summed E-state index contributed by atoms with van der Waals surface area (Å²) in [7, 11) is 0. The summed E-state index contributed by atoms with van der Waals surface area (Å²) < 4.78 is 0. The third kappa shape index (κ3) is 1.61. The summed E-state index contributed by atoms with van der Waals surface area (Å²) in [4.78, 5) is 2.61. The SMILES string of the molecule is NCC1CCC2CCc3ccccc3N2C1. The van der Waals surface area contributed by atoms with Crippen LogP contribution in [0, 0.1) is 5.92 Å². The molecule has 0 radical (unpaired) electrons. The van der Waals surface area contributed by atoms with Crippen molar-refractivity contribution in [1.82, 2.24) is 0 Å². The Morgan fingerprint density at radius 1 is 1.19 bits per heavy atom. The summed E-state index contributed by atoms with van der Waals surface area (Å²) in [5.41, 5.74) is 8.81. The first-order valence-electron chi connectivity index (χ1n) is 6.43. The van der Waals surface area contributed by atoms with Crippen molar-refractivity contribution in [3.8, 4) is 0 Å². The fourth-order valence-corrected chi connectivity index (χ4v) is 3.21. The molecule has 3 rings (SSSR count). The monoisotopic (exact) mass is 216 g/mol. The van der Waals surface area contributed by atoms with E-state index in [9.17, 15) is 0 Å². The van der Waals surface area contributed by atoms with E-state index in [-0.39, 0.29) is 0 Å². The lowest BCUT2D eigenvalue weighted by Gasteiger charge is -2.45.